The van der Waals surface area contributed by atoms with Gasteiger partial charge in [-0.25, -0.2) is 13.4 Å². The molecule has 1 spiro atoms. The summed E-state index contributed by atoms with van der Waals surface area (Å²) in [4.78, 5) is 4.54. The molecular formula is C14H14Cl2N2O2S. The molecule has 7 heteroatoms. The third-order valence-electron chi connectivity index (χ3n) is 4.60. The summed E-state index contributed by atoms with van der Waals surface area (Å²) in [5, 5.41) is 0.656. The summed E-state index contributed by atoms with van der Waals surface area (Å²) in [6.07, 6.45) is 1.79. The van der Waals surface area contributed by atoms with Crippen molar-refractivity contribution in [2.24, 2.45) is 5.41 Å². The van der Waals surface area contributed by atoms with Crippen LogP contribution in [0.4, 0.5) is 0 Å². The predicted molar refractivity (Wildman–Crippen MR) is 83.7 cm³/mol. The molecule has 0 bridgehead atoms. The fourth-order valence-corrected chi connectivity index (χ4v) is 6.48. The minimum atomic E-state index is -2.77. The number of imidazole rings is 1. The van der Waals surface area contributed by atoms with Gasteiger partial charge in [0, 0.05) is 16.5 Å². The summed E-state index contributed by atoms with van der Waals surface area (Å²) < 4.78 is 25.0. The maximum Gasteiger partial charge on any atom is 0.151 e. The van der Waals surface area contributed by atoms with Gasteiger partial charge in [-0.1, -0.05) is 11.6 Å². The Hall–Kier alpha value is -0.780. The highest BCUT2D eigenvalue weighted by molar-refractivity contribution is 7.92. The highest BCUT2D eigenvalue weighted by Crippen LogP contribution is 2.56. The van der Waals surface area contributed by atoms with E-state index in [0.29, 0.717) is 28.5 Å². The molecule has 2 aliphatic rings. The van der Waals surface area contributed by atoms with Gasteiger partial charge in [0.15, 0.2) is 9.84 Å². The number of benzene rings is 1. The van der Waals surface area contributed by atoms with Crippen LogP contribution in [0.1, 0.15) is 24.7 Å². The van der Waals surface area contributed by atoms with E-state index in [1.165, 1.54) is 0 Å². The quantitative estimate of drug-likeness (QED) is 0.786. The van der Waals surface area contributed by atoms with E-state index in [4.69, 9.17) is 23.2 Å². The summed E-state index contributed by atoms with van der Waals surface area (Å²) in [5.74, 6) is 1.85. The fraction of sp³-hybridized carbons (Fsp3) is 0.500. The summed E-state index contributed by atoms with van der Waals surface area (Å²) >= 11 is 12.0. The normalized spacial score (nSPS) is 23.1. The third-order valence-corrected chi connectivity index (χ3v) is 7.18. The van der Waals surface area contributed by atoms with Crippen molar-refractivity contribution in [3.63, 3.8) is 0 Å². The van der Waals surface area contributed by atoms with Crippen molar-refractivity contribution in [3.8, 4) is 0 Å². The number of rotatable bonds is 2. The molecule has 112 valence electrons. The minimum absolute atomic E-state index is 0.0100. The fourth-order valence-electron chi connectivity index (χ4n) is 3.87. The standard InChI is InChI=1S/C14H14Cl2N2O2S/c15-6-13-17-11-3-9(16)1-2-12(11)18(13)10-4-14(5-10)7-21(19,20)8-14/h1-3,10H,4-8H2. The molecule has 0 atom stereocenters. The number of hydrogen-bond acceptors (Lipinski definition) is 3. The van der Waals surface area contributed by atoms with Gasteiger partial charge in [0.25, 0.3) is 0 Å². The second kappa shape index (κ2) is 4.37. The van der Waals surface area contributed by atoms with Gasteiger partial charge in [0.05, 0.1) is 28.4 Å². The van der Waals surface area contributed by atoms with Crippen molar-refractivity contribution in [1.82, 2.24) is 9.55 Å². The lowest BCUT2D eigenvalue weighted by molar-refractivity contribution is 0.0952. The van der Waals surface area contributed by atoms with E-state index in [1.807, 2.05) is 18.2 Å². The van der Waals surface area contributed by atoms with Crippen molar-refractivity contribution in [2.75, 3.05) is 11.5 Å². The van der Waals surface area contributed by atoms with Gasteiger partial charge < -0.3 is 4.57 Å². The van der Waals surface area contributed by atoms with Crippen LogP contribution in [-0.4, -0.2) is 29.5 Å². The maximum absolute atomic E-state index is 11.4. The maximum atomic E-state index is 11.4. The van der Waals surface area contributed by atoms with Crippen molar-refractivity contribution in [2.45, 2.75) is 24.8 Å². The van der Waals surface area contributed by atoms with Crippen LogP contribution >= 0.6 is 23.2 Å². The zero-order valence-corrected chi connectivity index (χ0v) is 13.5. The molecule has 4 rings (SSSR count). The third kappa shape index (κ3) is 2.09. The largest absolute Gasteiger partial charge is 0.324 e. The van der Waals surface area contributed by atoms with E-state index in [9.17, 15) is 8.42 Å². The monoisotopic (exact) mass is 344 g/mol. The van der Waals surface area contributed by atoms with Gasteiger partial charge in [-0.15, -0.1) is 11.6 Å². The van der Waals surface area contributed by atoms with E-state index < -0.39 is 9.84 Å². The number of sulfone groups is 1. The Morgan fingerprint density at radius 1 is 1.33 bits per heavy atom. The number of nitrogens with zero attached hydrogens (tertiary/aromatic N) is 2. The van der Waals surface area contributed by atoms with E-state index >= 15 is 0 Å². The highest BCUT2D eigenvalue weighted by atomic mass is 35.5. The second-order valence-corrected chi connectivity index (χ2v) is 9.03. The van der Waals surface area contributed by atoms with Crippen molar-refractivity contribution < 1.29 is 8.42 Å². The Balaban J connectivity index is 1.68. The molecule has 1 aliphatic carbocycles. The summed E-state index contributed by atoms with van der Waals surface area (Å²) in [6, 6.07) is 5.94. The molecule has 2 heterocycles. The lowest BCUT2D eigenvalue weighted by Crippen LogP contribution is -2.56. The Kier molecular flexibility index (Phi) is 2.88. The van der Waals surface area contributed by atoms with E-state index in [1.54, 1.807) is 0 Å². The number of halogens is 2. The highest BCUT2D eigenvalue weighted by Gasteiger charge is 2.57. The number of fused-ring (bicyclic) bond motifs is 1. The van der Waals surface area contributed by atoms with Crippen LogP contribution in [0.2, 0.25) is 5.02 Å². The van der Waals surface area contributed by atoms with Crippen molar-refractivity contribution in [1.29, 1.82) is 0 Å². The Labute approximate surface area is 133 Å². The van der Waals surface area contributed by atoms with Crippen LogP contribution in [-0.2, 0) is 15.7 Å². The molecule has 1 aromatic carbocycles. The van der Waals surface area contributed by atoms with Gasteiger partial charge in [-0.3, -0.25) is 0 Å². The lowest BCUT2D eigenvalue weighted by atomic mass is 9.67. The molecule has 2 aromatic rings. The first kappa shape index (κ1) is 13.9. The first-order valence-corrected chi connectivity index (χ1v) is 9.58. The van der Waals surface area contributed by atoms with Gasteiger partial charge in [-0.2, -0.15) is 0 Å². The minimum Gasteiger partial charge on any atom is -0.324 e. The Morgan fingerprint density at radius 2 is 2.05 bits per heavy atom. The van der Waals surface area contributed by atoms with Gasteiger partial charge in [-0.05, 0) is 31.0 Å². The molecule has 1 aromatic heterocycles. The first-order valence-electron chi connectivity index (χ1n) is 6.84. The van der Waals surface area contributed by atoms with Gasteiger partial charge in [0.1, 0.15) is 5.82 Å². The predicted octanol–water partition coefficient (Wildman–Crippen LogP) is 3.18. The number of aromatic nitrogens is 2. The molecule has 1 saturated carbocycles. The van der Waals surface area contributed by atoms with E-state index in [-0.39, 0.29) is 5.41 Å². The number of hydrogen-bond donors (Lipinski definition) is 0. The topological polar surface area (TPSA) is 52.0 Å². The molecule has 0 unspecified atom stereocenters. The molecule has 2 fully saturated rings. The Bertz CT molecular complexity index is 824. The van der Waals surface area contributed by atoms with Crippen LogP contribution in [0.15, 0.2) is 18.2 Å². The molecule has 4 nitrogen and oxygen atoms in total. The molecule has 21 heavy (non-hydrogen) atoms. The summed E-state index contributed by atoms with van der Waals surface area (Å²) in [5.41, 5.74) is 1.88. The van der Waals surface area contributed by atoms with Crippen LogP contribution in [0, 0.1) is 5.41 Å². The smallest absolute Gasteiger partial charge is 0.151 e. The van der Waals surface area contributed by atoms with Crippen LogP contribution in [0.25, 0.3) is 11.0 Å². The summed E-state index contributed by atoms with van der Waals surface area (Å²) in [6.45, 7) is 0. The molecule has 0 radical (unpaired) electrons. The average Bonchev–Trinajstić information content (AvgIpc) is 2.69. The molecule has 0 amide bonds. The SMILES string of the molecule is O=S1(=O)CC2(CC(n3c(CCl)nc4cc(Cl)ccc43)C2)C1. The van der Waals surface area contributed by atoms with E-state index in [2.05, 4.69) is 9.55 Å². The molecule has 1 saturated heterocycles. The van der Waals surface area contributed by atoms with Crippen molar-refractivity contribution >= 4 is 44.1 Å². The summed E-state index contributed by atoms with van der Waals surface area (Å²) in [7, 11) is -2.77. The van der Waals surface area contributed by atoms with Crippen LogP contribution in [0.3, 0.4) is 0 Å². The molecular weight excluding hydrogens is 331 g/mol. The Morgan fingerprint density at radius 3 is 2.67 bits per heavy atom. The molecule has 1 aliphatic heterocycles. The van der Waals surface area contributed by atoms with Crippen LogP contribution in [0.5, 0.6) is 0 Å². The molecule has 0 N–H and O–H groups in total. The van der Waals surface area contributed by atoms with Crippen LogP contribution < -0.4 is 0 Å². The average molecular weight is 345 g/mol. The van der Waals surface area contributed by atoms with Crippen molar-refractivity contribution in [3.05, 3.63) is 29.0 Å². The number of alkyl halides is 1. The van der Waals surface area contributed by atoms with E-state index in [0.717, 1.165) is 29.7 Å². The second-order valence-electron chi connectivity index (χ2n) is 6.26. The van der Waals surface area contributed by atoms with Gasteiger partial charge in [0.2, 0.25) is 0 Å². The lowest BCUT2D eigenvalue weighted by Gasteiger charge is -2.53. The van der Waals surface area contributed by atoms with Gasteiger partial charge >= 0.3 is 0 Å². The zero-order valence-electron chi connectivity index (χ0n) is 11.2. The zero-order chi connectivity index (χ0) is 14.8. The first-order chi connectivity index (χ1) is 9.91.